The fourth-order valence-electron chi connectivity index (χ4n) is 2.06. The van der Waals surface area contributed by atoms with Crippen LogP contribution in [-0.2, 0) is 13.6 Å². The van der Waals surface area contributed by atoms with E-state index < -0.39 is 0 Å². The zero-order valence-electron chi connectivity index (χ0n) is 11.8. The van der Waals surface area contributed by atoms with Gasteiger partial charge < -0.3 is 5.32 Å². The summed E-state index contributed by atoms with van der Waals surface area (Å²) in [5.41, 5.74) is 3.54. The standard InChI is InChI=1S/C13H22N4S/c1-8(2)12-7-18-13(15-12)14-6-11-9(3)16-17(5)10(11)4/h8,12H,6-7H2,1-5H3,(H,14,15). The van der Waals surface area contributed by atoms with E-state index in [1.165, 1.54) is 11.3 Å². The van der Waals surface area contributed by atoms with E-state index in [-0.39, 0.29) is 0 Å². The highest BCUT2D eigenvalue weighted by Crippen LogP contribution is 2.20. The van der Waals surface area contributed by atoms with E-state index in [0.29, 0.717) is 12.0 Å². The molecule has 100 valence electrons. The van der Waals surface area contributed by atoms with E-state index in [1.807, 2.05) is 23.5 Å². The number of aromatic nitrogens is 2. The number of hydrogen-bond donors (Lipinski definition) is 1. The average molecular weight is 266 g/mol. The van der Waals surface area contributed by atoms with E-state index in [4.69, 9.17) is 0 Å². The minimum atomic E-state index is 0.560. The number of nitrogens with zero attached hydrogens (tertiary/aromatic N) is 3. The average Bonchev–Trinajstić information content (AvgIpc) is 2.85. The monoisotopic (exact) mass is 266 g/mol. The molecule has 1 saturated heterocycles. The maximum absolute atomic E-state index is 4.68. The van der Waals surface area contributed by atoms with Gasteiger partial charge in [0.15, 0.2) is 5.17 Å². The van der Waals surface area contributed by atoms with Gasteiger partial charge >= 0.3 is 0 Å². The Morgan fingerprint density at radius 1 is 1.50 bits per heavy atom. The van der Waals surface area contributed by atoms with Crippen LogP contribution in [0.3, 0.4) is 0 Å². The van der Waals surface area contributed by atoms with Crippen molar-refractivity contribution in [2.45, 2.75) is 40.3 Å². The van der Waals surface area contributed by atoms with Crippen LogP contribution in [0.25, 0.3) is 0 Å². The maximum Gasteiger partial charge on any atom is 0.157 e. The molecule has 4 nitrogen and oxygen atoms in total. The lowest BCUT2D eigenvalue weighted by molar-refractivity contribution is 0.503. The number of aryl methyl sites for hydroxylation is 2. The highest BCUT2D eigenvalue weighted by Gasteiger charge is 2.22. The van der Waals surface area contributed by atoms with Crippen LogP contribution < -0.4 is 5.32 Å². The third-order valence-corrected chi connectivity index (χ3v) is 4.60. The van der Waals surface area contributed by atoms with Crippen molar-refractivity contribution in [2.24, 2.45) is 18.0 Å². The predicted octanol–water partition coefficient (Wildman–Crippen LogP) is 2.25. The van der Waals surface area contributed by atoms with Gasteiger partial charge in [-0.25, -0.2) is 0 Å². The van der Waals surface area contributed by atoms with E-state index in [1.54, 1.807) is 0 Å². The zero-order valence-corrected chi connectivity index (χ0v) is 12.6. The molecule has 0 radical (unpaired) electrons. The van der Waals surface area contributed by atoms with E-state index in [2.05, 4.69) is 43.1 Å². The van der Waals surface area contributed by atoms with Gasteiger partial charge in [0, 0.05) is 30.1 Å². The molecule has 1 atom stereocenters. The molecule has 1 aliphatic heterocycles. The summed E-state index contributed by atoms with van der Waals surface area (Å²) in [5, 5.41) is 8.99. The van der Waals surface area contributed by atoms with Gasteiger partial charge in [0.05, 0.1) is 12.2 Å². The van der Waals surface area contributed by atoms with Crippen molar-refractivity contribution in [3.8, 4) is 0 Å². The second kappa shape index (κ2) is 5.34. The highest BCUT2D eigenvalue weighted by molar-refractivity contribution is 8.14. The molecule has 18 heavy (non-hydrogen) atoms. The van der Waals surface area contributed by atoms with Gasteiger partial charge in [0.2, 0.25) is 0 Å². The van der Waals surface area contributed by atoms with Crippen molar-refractivity contribution < 1.29 is 0 Å². The van der Waals surface area contributed by atoms with Gasteiger partial charge in [0.25, 0.3) is 0 Å². The first-order valence-corrected chi connectivity index (χ1v) is 7.40. The molecule has 1 aromatic rings. The summed E-state index contributed by atoms with van der Waals surface area (Å²) in [6, 6.07) is 0.560. The number of thioether (sulfide) groups is 1. The van der Waals surface area contributed by atoms with E-state index >= 15 is 0 Å². The van der Waals surface area contributed by atoms with Crippen LogP contribution in [-0.4, -0.2) is 26.7 Å². The van der Waals surface area contributed by atoms with E-state index in [0.717, 1.165) is 23.2 Å². The van der Waals surface area contributed by atoms with Crippen molar-refractivity contribution in [3.05, 3.63) is 17.0 Å². The highest BCUT2D eigenvalue weighted by atomic mass is 32.2. The number of hydrogen-bond acceptors (Lipinski definition) is 3. The second-order valence-electron chi connectivity index (χ2n) is 5.20. The van der Waals surface area contributed by atoms with E-state index in [9.17, 15) is 0 Å². The van der Waals surface area contributed by atoms with Crippen molar-refractivity contribution in [2.75, 3.05) is 5.75 Å². The molecular formula is C13H22N4S. The molecule has 5 heteroatoms. The summed E-state index contributed by atoms with van der Waals surface area (Å²) in [4.78, 5) is 4.68. The molecule has 1 unspecified atom stereocenters. The number of rotatable bonds is 3. The molecule has 2 heterocycles. The van der Waals surface area contributed by atoms with Crippen molar-refractivity contribution in [1.29, 1.82) is 0 Å². The number of amidine groups is 1. The Balaban J connectivity index is 2.03. The van der Waals surface area contributed by atoms with Gasteiger partial charge in [-0.2, -0.15) is 5.10 Å². The van der Waals surface area contributed by atoms with Crippen LogP contribution in [0.2, 0.25) is 0 Å². The van der Waals surface area contributed by atoms with Crippen molar-refractivity contribution in [1.82, 2.24) is 15.1 Å². The summed E-state index contributed by atoms with van der Waals surface area (Å²) in [6.45, 7) is 9.37. The second-order valence-corrected chi connectivity index (χ2v) is 6.21. The number of aliphatic imine (C=N–C) groups is 1. The lowest BCUT2D eigenvalue weighted by Gasteiger charge is -2.13. The first kappa shape index (κ1) is 13.5. The third kappa shape index (κ3) is 2.71. The molecule has 0 amide bonds. The Morgan fingerprint density at radius 2 is 2.22 bits per heavy atom. The maximum atomic E-state index is 4.68. The molecule has 0 saturated carbocycles. The molecular weight excluding hydrogens is 244 g/mol. The molecule has 2 rings (SSSR count). The number of nitrogens with one attached hydrogen (secondary N) is 1. The molecule has 0 bridgehead atoms. The fraction of sp³-hybridized carbons (Fsp3) is 0.692. The molecule has 1 aliphatic rings. The lowest BCUT2D eigenvalue weighted by Crippen LogP contribution is -2.31. The summed E-state index contributed by atoms with van der Waals surface area (Å²) < 4.78 is 1.93. The summed E-state index contributed by atoms with van der Waals surface area (Å²) in [5.74, 6) is 1.79. The molecule has 1 aromatic heterocycles. The first-order chi connectivity index (χ1) is 8.49. The first-order valence-electron chi connectivity index (χ1n) is 6.42. The Labute approximate surface area is 113 Å². The third-order valence-electron chi connectivity index (χ3n) is 3.55. The molecule has 1 fully saturated rings. The Morgan fingerprint density at radius 3 is 2.72 bits per heavy atom. The van der Waals surface area contributed by atoms with Crippen LogP contribution in [0, 0.1) is 19.8 Å². The van der Waals surface area contributed by atoms with Crippen LogP contribution in [0.15, 0.2) is 4.99 Å². The molecule has 1 N–H and O–H groups in total. The Bertz CT molecular complexity index is 462. The van der Waals surface area contributed by atoms with Gasteiger partial charge in [-0.15, -0.1) is 0 Å². The van der Waals surface area contributed by atoms with Crippen LogP contribution in [0.1, 0.15) is 30.8 Å². The van der Waals surface area contributed by atoms with Gasteiger partial charge in [-0.05, 0) is 19.8 Å². The minimum Gasteiger partial charge on any atom is -0.361 e. The predicted molar refractivity (Wildman–Crippen MR) is 78.0 cm³/mol. The van der Waals surface area contributed by atoms with Crippen LogP contribution >= 0.6 is 11.8 Å². The summed E-state index contributed by atoms with van der Waals surface area (Å²) in [7, 11) is 1.98. The summed E-state index contributed by atoms with van der Waals surface area (Å²) >= 11 is 1.83. The lowest BCUT2D eigenvalue weighted by atomic mass is 10.1. The Hall–Kier alpha value is -0.970. The topological polar surface area (TPSA) is 42.2 Å². The van der Waals surface area contributed by atoms with Crippen LogP contribution in [0.4, 0.5) is 0 Å². The van der Waals surface area contributed by atoms with Gasteiger partial charge in [-0.3, -0.25) is 9.67 Å². The van der Waals surface area contributed by atoms with Gasteiger partial charge in [-0.1, -0.05) is 25.6 Å². The minimum absolute atomic E-state index is 0.560. The smallest absolute Gasteiger partial charge is 0.157 e. The largest absolute Gasteiger partial charge is 0.361 e. The normalized spacial score (nSPS) is 21.9. The Kier molecular flexibility index (Phi) is 4.00. The molecule has 0 aliphatic carbocycles. The summed E-state index contributed by atoms with van der Waals surface area (Å²) in [6.07, 6.45) is 0. The molecule has 0 spiro atoms. The van der Waals surface area contributed by atoms with Crippen molar-refractivity contribution in [3.63, 3.8) is 0 Å². The van der Waals surface area contributed by atoms with Crippen LogP contribution in [0.5, 0.6) is 0 Å². The quantitative estimate of drug-likeness (QED) is 0.912. The zero-order chi connectivity index (χ0) is 13.3. The SMILES string of the molecule is Cc1nn(C)c(C)c1CN=C1NC(C(C)C)CS1. The van der Waals surface area contributed by atoms with Gasteiger partial charge in [0.1, 0.15) is 0 Å². The van der Waals surface area contributed by atoms with Crippen molar-refractivity contribution >= 4 is 16.9 Å². The fourth-order valence-corrected chi connectivity index (χ4v) is 3.25. The molecule has 0 aromatic carbocycles.